The van der Waals surface area contributed by atoms with Crippen molar-refractivity contribution >= 4 is 40.5 Å². The summed E-state index contributed by atoms with van der Waals surface area (Å²) in [6.07, 6.45) is 0. The van der Waals surface area contributed by atoms with Crippen LogP contribution in [0.1, 0.15) is 24.6 Å². The fourth-order valence-corrected chi connectivity index (χ4v) is 2.55. The molecule has 0 bridgehead atoms. The van der Waals surface area contributed by atoms with Gasteiger partial charge in [0, 0.05) is 5.69 Å². The van der Waals surface area contributed by atoms with Gasteiger partial charge in [-0.15, -0.1) is 0 Å². The second-order valence-corrected chi connectivity index (χ2v) is 5.49. The number of aromatic nitrogens is 3. The van der Waals surface area contributed by atoms with Gasteiger partial charge in [0.25, 0.3) is 0 Å². The van der Waals surface area contributed by atoms with Gasteiger partial charge in [-0.1, -0.05) is 23.2 Å². The molecule has 112 valence electrons. The number of carbonyl (C=O) groups excluding carboxylic acids is 1. The molecule has 0 aliphatic carbocycles. The first-order valence-electron chi connectivity index (χ1n) is 6.24. The normalized spacial score (nSPS) is 12.2. The summed E-state index contributed by atoms with van der Waals surface area (Å²) in [6.45, 7) is 5.27. The minimum absolute atomic E-state index is 0.284. The van der Waals surface area contributed by atoms with Crippen LogP contribution in [0.2, 0.25) is 10.0 Å². The Labute approximate surface area is 132 Å². The lowest BCUT2D eigenvalue weighted by Crippen LogP contribution is -2.25. The number of hydrogen-bond donors (Lipinski definition) is 2. The minimum atomic E-state index is -0.545. The maximum absolute atomic E-state index is 12.3. The van der Waals surface area contributed by atoms with Gasteiger partial charge in [0.05, 0.1) is 15.7 Å². The fourth-order valence-electron chi connectivity index (χ4n) is 1.95. The highest BCUT2D eigenvalue weighted by atomic mass is 35.5. The zero-order valence-electron chi connectivity index (χ0n) is 11.8. The third-order valence-electron chi connectivity index (χ3n) is 2.97. The third kappa shape index (κ3) is 3.28. The van der Waals surface area contributed by atoms with Crippen LogP contribution >= 0.6 is 23.2 Å². The average molecular weight is 328 g/mol. The molecule has 0 radical (unpaired) electrons. The molecule has 2 aromatic rings. The van der Waals surface area contributed by atoms with Crippen molar-refractivity contribution in [3.8, 4) is 0 Å². The average Bonchev–Trinajstić information content (AvgIpc) is 2.71. The van der Waals surface area contributed by atoms with Gasteiger partial charge in [0.15, 0.2) is 0 Å². The van der Waals surface area contributed by atoms with Crippen LogP contribution in [-0.4, -0.2) is 20.7 Å². The van der Waals surface area contributed by atoms with Gasteiger partial charge in [-0.05, 0) is 32.9 Å². The van der Waals surface area contributed by atoms with Crippen molar-refractivity contribution in [3.05, 3.63) is 33.8 Å². The number of anilines is 2. The smallest absolute Gasteiger partial charge is 0.249 e. The molecule has 2 rings (SSSR count). The maximum atomic E-state index is 12.3. The first-order valence-corrected chi connectivity index (χ1v) is 7.00. The number of nitrogens with one attached hydrogen (secondary N) is 1. The van der Waals surface area contributed by atoms with Crippen LogP contribution in [0.25, 0.3) is 0 Å². The molecule has 0 aliphatic heterocycles. The molecule has 0 aliphatic rings. The van der Waals surface area contributed by atoms with Crippen LogP contribution in [0.15, 0.2) is 12.1 Å². The molecule has 1 unspecified atom stereocenters. The monoisotopic (exact) mass is 327 g/mol. The topological polar surface area (TPSA) is 85.8 Å². The van der Waals surface area contributed by atoms with E-state index in [2.05, 4.69) is 15.4 Å². The summed E-state index contributed by atoms with van der Waals surface area (Å²) >= 11 is 12.1. The molecule has 1 aromatic carbocycles. The number of amides is 1. The molecular weight excluding hydrogens is 313 g/mol. The van der Waals surface area contributed by atoms with Crippen LogP contribution in [0, 0.1) is 13.8 Å². The molecule has 0 saturated carbocycles. The predicted octanol–water partition coefficient (Wildman–Crippen LogP) is 2.98. The number of nitrogens with two attached hydrogens (primary N) is 1. The van der Waals surface area contributed by atoms with E-state index in [0.29, 0.717) is 23.0 Å². The van der Waals surface area contributed by atoms with Crippen molar-refractivity contribution in [2.75, 3.05) is 11.1 Å². The molecule has 3 N–H and O–H groups in total. The highest BCUT2D eigenvalue weighted by molar-refractivity contribution is 6.40. The lowest BCUT2D eigenvalue weighted by molar-refractivity contribution is -0.119. The Morgan fingerprint density at radius 1 is 1.33 bits per heavy atom. The number of nitrogen functional groups attached to an aromatic ring is 1. The summed E-state index contributed by atoms with van der Waals surface area (Å²) < 4.78 is 1.55. The number of rotatable bonds is 3. The minimum Gasteiger partial charge on any atom is -0.399 e. The van der Waals surface area contributed by atoms with Gasteiger partial charge in [-0.25, -0.2) is 9.67 Å². The largest absolute Gasteiger partial charge is 0.399 e. The van der Waals surface area contributed by atoms with Crippen molar-refractivity contribution in [2.45, 2.75) is 26.8 Å². The zero-order valence-corrected chi connectivity index (χ0v) is 13.3. The van der Waals surface area contributed by atoms with Crippen LogP contribution in [-0.2, 0) is 4.79 Å². The van der Waals surface area contributed by atoms with Crippen LogP contribution in [0.5, 0.6) is 0 Å². The molecule has 0 spiro atoms. The number of benzene rings is 1. The van der Waals surface area contributed by atoms with E-state index >= 15 is 0 Å². The Morgan fingerprint density at radius 3 is 2.38 bits per heavy atom. The van der Waals surface area contributed by atoms with Gasteiger partial charge in [-0.3, -0.25) is 4.79 Å². The standard InChI is InChI=1S/C13H15Cl2N5O/c1-6(20-8(3)17-7(2)19-20)13(21)18-12-10(14)4-9(16)5-11(12)15/h4-6H,16H2,1-3H3,(H,18,21). The van der Waals surface area contributed by atoms with Crippen LogP contribution in [0.4, 0.5) is 11.4 Å². The molecule has 1 amide bonds. The number of carbonyl (C=O) groups is 1. The van der Waals surface area contributed by atoms with E-state index in [1.807, 2.05) is 0 Å². The Bertz CT molecular complexity index is 675. The first-order chi connectivity index (χ1) is 9.79. The predicted molar refractivity (Wildman–Crippen MR) is 83.7 cm³/mol. The first kappa shape index (κ1) is 15.6. The number of hydrogen-bond acceptors (Lipinski definition) is 4. The molecule has 21 heavy (non-hydrogen) atoms. The molecule has 1 heterocycles. The summed E-state index contributed by atoms with van der Waals surface area (Å²) in [7, 11) is 0. The van der Waals surface area contributed by atoms with Crippen LogP contribution < -0.4 is 11.1 Å². The quantitative estimate of drug-likeness (QED) is 0.848. The van der Waals surface area contributed by atoms with Gasteiger partial charge in [0.2, 0.25) is 5.91 Å². The Morgan fingerprint density at radius 2 is 1.90 bits per heavy atom. The van der Waals surface area contributed by atoms with Crippen molar-refractivity contribution < 1.29 is 4.79 Å². The number of halogens is 2. The molecule has 0 saturated heterocycles. The van der Waals surface area contributed by atoms with E-state index in [1.165, 1.54) is 12.1 Å². The molecule has 6 nitrogen and oxygen atoms in total. The van der Waals surface area contributed by atoms with Gasteiger partial charge in [-0.2, -0.15) is 5.10 Å². The lowest BCUT2D eigenvalue weighted by Gasteiger charge is -2.15. The fraction of sp³-hybridized carbons (Fsp3) is 0.308. The Hall–Kier alpha value is -1.79. The Kier molecular flexibility index (Phi) is 4.39. The van der Waals surface area contributed by atoms with E-state index in [4.69, 9.17) is 28.9 Å². The molecular formula is C13H15Cl2N5O. The van der Waals surface area contributed by atoms with Crippen molar-refractivity contribution in [1.82, 2.24) is 14.8 Å². The maximum Gasteiger partial charge on any atom is 0.249 e. The number of nitrogens with zero attached hydrogens (tertiary/aromatic N) is 3. The molecule has 0 fully saturated rings. The summed E-state index contributed by atoms with van der Waals surface area (Å²) in [6, 6.07) is 2.51. The molecule has 1 aromatic heterocycles. The highest BCUT2D eigenvalue weighted by Crippen LogP contribution is 2.33. The summed E-state index contributed by atoms with van der Waals surface area (Å²) in [5.41, 5.74) is 6.39. The highest BCUT2D eigenvalue weighted by Gasteiger charge is 2.20. The van der Waals surface area contributed by atoms with Crippen LogP contribution in [0.3, 0.4) is 0 Å². The molecule has 8 heteroatoms. The number of aryl methyl sites for hydroxylation is 2. The lowest BCUT2D eigenvalue weighted by atomic mass is 10.2. The molecule has 1 atom stereocenters. The Balaban J connectivity index is 2.24. The van der Waals surface area contributed by atoms with Gasteiger partial charge in [0.1, 0.15) is 17.7 Å². The zero-order chi connectivity index (χ0) is 15.7. The second-order valence-electron chi connectivity index (χ2n) is 4.68. The van der Waals surface area contributed by atoms with E-state index in [9.17, 15) is 4.79 Å². The third-order valence-corrected chi connectivity index (χ3v) is 3.56. The van der Waals surface area contributed by atoms with E-state index < -0.39 is 6.04 Å². The van der Waals surface area contributed by atoms with Crippen molar-refractivity contribution in [2.24, 2.45) is 0 Å². The second kappa shape index (κ2) is 5.91. The van der Waals surface area contributed by atoms with E-state index in [0.717, 1.165) is 0 Å². The summed E-state index contributed by atoms with van der Waals surface area (Å²) in [5, 5.41) is 7.45. The SMILES string of the molecule is Cc1nc(C)n(C(C)C(=O)Nc2c(Cl)cc(N)cc2Cl)n1. The van der Waals surface area contributed by atoms with E-state index in [1.54, 1.807) is 25.5 Å². The summed E-state index contributed by atoms with van der Waals surface area (Å²) in [4.78, 5) is 16.5. The summed E-state index contributed by atoms with van der Waals surface area (Å²) in [5.74, 6) is 0.969. The van der Waals surface area contributed by atoms with E-state index in [-0.39, 0.29) is 16.0 Å². The van der Waals surface area contributed by atoms with Crippen molar-refractivity contribution in [1.29, 1.82) is 0 Å². The van der Waals surface area contributed by atoms with Gasteiger partial charge >= 0.3 is 0 Å². The van der Waals surface area contributed by atoms with Gasteiger partial charge < -0.3 is 11.1 Å². The van der Waals surface area contributed by atoms with Crippen molar-refractivity contribution in [3.63, 3.8) is 0 Å².